The first kappa shape index (κ1) is 21.6. The van der Waals surface area contributed by atoms with Gasteiger partial charge in [-0.2, -0.15) is 0 Å². The molecule has 0 radical (unpaired) electrons. The summed E-state index contributed by atoms with van der Waals surface area (Å²) in [7, 11) is 4.10. The number of rotatable bonds is 7. The van der Waals surface area contributed by atoms with E-state index in [9.17, 15) is 9.90 Å². The van der Waals surface area contributed by atoms with Crippen molar-refractivity contribution in [1.29, 1.82) is 0 Å². The number of hydrogen-bond acceptors (Lipinski definition) is 5. The predicted octanol–water partition coefficient (Wildman–Crippen LogP) is 3.64. The molecule has 5 rings (SSSR count). The van der Waals surface area contributed by atoms with Crippen LogP contribution in [0.15, 0.2) is 59.4 Å². The Morgan fingerprint density at radius 2 is 1.91 bits per heavy atom. The van der Waals surface area contributed by atoms with Gasteiger partial charge < -0.3 is 15.3 Å². The fourth-order valence-corrected chi connectivity index (χ4v) is 4.65. The molecule has 0 unspecified atom stereocenters. The second-order valence-corrected chi connectivity index (χ2v) is 9.32. The fraction of sp³-hybridized carbons (Fsp3) is 0.333. The van der Waals surface area contributed by atoms with Gasteiger partial charge in [0.15, 0.2) is 0 Å². The second kappa shape index (κ2) is 8.96. The van der Waals surface area contributed by atoms with Crippen molar-refractivity contribution in [2.24, 2.45) is 5.92 Å². The third kappa shape index (κ3) is 4.36. The Labute approximate surface area is 193 Å². The number of hydrogen-bond donors (Lipinski definition) is 2. The maximum absolute atomic E-state index is 13.7. The fourth-order valence-electron chi connectivity index (χ4n) is 4.65. The molecule has 6 heteroatoms. The molecule has 0 amide bonds. The highest BCUT2D eigenvalue weighted by Gasteiger charge is 2.21. The van der Waals surface area contributed by atoms with Crippen LogP contribution in [0, 0.1) is 5.92 Å². The van der Waals surface area contributed by atoms with Crippen LogP contribution in [0.3, 0.4) is 0 Å². The molecule has 1 aromatic heterocycles. The van der Waals surface area contributed by atoms with Crippen LogP contribution < -0.4 is 10.9 Å². The van der Waals surface area contributed by atoms with E-state index in [4.69, 9.17) is 4.98 Å². The van der Waals surface area contributed by atoms with Gasteiger partial charge in [-0.15, -0.1) is 0 Å². The number of nitrogens with zero attached hydrogens (tertiary/aromatic N) is 3. The molecule has 0 bridgehead atoms. The molecule has 0 saturated carbocycles. The Hall–Kier alpha value is -3.22. The summed E-state index contributed by atoms with van der Waals surface area (Å²) in [5.74, 6) is 1.63. The van der Waals surface area contributed by atoms with Gasteiger partial charge in [-0.25, -0.2) is 4.98 Å². The summed E-state index contributed by atoms with van der Waals surface area (Å²) < 4.78 is 1.88. The average molecular weight is 443 g/mol. The van der Waals surface area contributed by atoms with Crippen molar-refractivity contribution in [2.45, 2.75) is 19.4 Å². The standard InChI is InChI=1S/C27H30N4O2/c1-30(2)10-5-11-31-26(12-18-16-28-17-18)29-25-9-8-20(14-24(25)27(31)33)23-15-21(32)13-19-6-3-4-7-22(19)23/h3-4,6-9,13-15,18,28,32H,5,10-12,16-17H2,1-2H3. The summed E-state index contributed by atoms with van der Waals surface area (Å²) in [6.45, 7) is 3.54. The molecular formula is C27H30N4O2. The average Bonchev–Trinajstić information content (AvgIpc) is 2.77. The van der Waals surface area contributed by atoms with E-state index in [1.165, 1.54) is 0 Å². The van der Waals surface area contributed by atoms with Gasteiger partial charge in [0.2, 0.25) is 0 Å². The van der Waals surface area contributed by atoms with E-state index >= 15 is 0 Å². The van der Waals surface area contributed by atoms with Gasteiger partial charge in [-0.3, -0.25) is 9.36 Å². The number of nitrogens with one attached hydrogen (secondary N) is 1. The first-order valence-electron chi connectivity index (χ1n) is 11.6. The predicted molar refractivity (Wildman–Crippen MR) is 134 cm³/mol. The van der Waals surface area contributed by atoms with E-state index < -0.39 is 0 Å². The highest BCUT2D eigenvalue weighted by Crippen LogP contribution is 2.33. The first-order chi connectivity index (χ1) is 16.0. The molecule has 0 atom stereocenters. The Morgan fingerprint density at radius 1 is 1.09 bits per heavy atom. The number of aromatic hydroxyl groups is 1. The van der Waals surface area contributed by atoms with Gasteiger partial charge in [0.05, 0.1) is 10.9 Å². The number of phenols is 1. The smallest absolute Gasteiger partial charge is 0.261 e. The van der Waals surface area contributed by atoms with Crippen molar-refractivity contribution in [3.8, 4) is 16.9 Å². The summed E-state index contributed by atoms with van der Waals surface area (Å²) in [6.07, 6.45) is 1.71. The van der Waals surface area contributed by atoms with Gasteiger partial charge in [0, 0.05) is 13.0 Å². The highest BCUT2D eigenvalue weighted by molar-refractivity contribution is 5.99. The molecule has 1 fully saturated rings. The van der Waals surface area contributed by atoms with Crippen LogP contribution in [-0.2, 0) is 13.0 Å². The van der Waals surface area contributed by atoms with Crippen LogP contribution in [0.4, 0.5) is 0 Å². The monoisotopic (exact) mass is 442 g/mol. The van der Waals surface area contributed by atoms with Crippen molar-refractivity contribution in [2.75, 3.05) is 33.7 Å². The summed E-state index contributed by atoms with van der Waals surface area (Å²) in [5.41, 5.74) is 2.58. The van der Waals surface area contributed by atoms with Crippen molar-refractivity contribution < 1.29 is 5.11 Å². The lowest BCUT2D eigenvalue weighted by Gasteiger charge is -2.27. The van der Waals surface area contributed by atoms with Gasteiger partial charge in [-0.05, 0) is 92.2 Å². The van der Waals surface area contributed by atoms with Crippen LogP contribution in [-0.4, -0.2) is 53.3 Å². The zero-order valence-corrected chi connectivity index (χ0v) is 19.2. The number of benzene rings is 3. The highest BCUT2D eigenvalue weighted by atomic mass is 16.3. The second-order valence-electron chi connectivity index (χ2n) is 9.32. The van der Waals surface area contributed by atoms with E-state index in [0.717, 1.165) is 65.7 Å². The minimum atomic E-state index is 0.0207. The third-order valence-electron chi connectivity index (χ3n) is 6.52. The first-order valence-corrected chi connectivity index (χ1v) is 11.6. The van der Waals surface area contributed by atoms with Crippen molar-refractivity contribution >= 4 is 21.7 Å². The molecule has 170 valence electrons. The van der Waals surface area contributed by atoms with Gasteiger partial charge in [0.1, 0.15) is 11.6 Å². The molecule has 2 heterocycles. The Balaban J connectivity index is 1.62. The van der Waals surface area contributed by atoms with Crippen molar-refractivity contribution in [1.82, 2.24) is 19.8 Å². The number of fused-ring (bicyclic) bond motifs is 2. The number of aromatic nitrogens is 2. The normalized spacial score (nSPS) is 14.3. The van der Waals surface area contributed by atoms with Crippen LogP contribution in [0.25, 0.3) is 32.8 Å². The molecule has 33 heavy (non-hydrogen) atoms. The van der Waals surface area contributed by atoms with E-state index in [2.05, 4.69) is 10.2 Å². The van der Waals surface area contributed by atoms with Crippen LogP contribution in [0.2, 0.25) is 0 Å². The van der Waals surface area contributed by atoms with Crippen LogP contribution in [0.5, 0.6) is 5.75 Å². The molecule has 1 aliphatic rings. The lowest BCUT2D eigenvalue weighted by atomic mass is 9.96. The van der Waals surface area contributed by atoms with E-state index in [-0.39, 0.29) is 11.3 Å². The molecule has 0 aliphatic carbocycles. The minimum Gasteiger partial charge on any atom is -0.508 e. The SMILES string of the molecule is CN(C)CCCn1c(CC2CNC2)nc2ccc(-c3cc(O)cc4ccccc34)cc2c1=O. The summed E-state index contributed by atoms with van der Waals surface area (Å²) in [4.78, 5) is 20.8. The third-order valence-corrected chi connectivity index (χ3v) is 6.52. The number of phenolic OH excluding ortho intramolecular Hbond substituents is 1. The van der Waals surface area contributed by atoms with Crippen molar-refractivity contribution in [3.05, 3.63) is 70.8 Å². The molecule has 6 nitrogen and oxygen atoms in total. The topological polar surface area (TPSA) is 70.4 Å². The largest absolute Gasteiger partial charge is 0.508 e. The zero-order chi connectivity index (χ0) is 22.9. The zero-order valence-electron chi connectivity index (χ0n) is 19.2. The van der Waals surface area contributed by atoms with Gasteiger partial charge in [0.25, 0.3) is 5.56 Å². The minimum absolute atomic E-state index is 0.0207. The quantitative estimate of drug-likeness (QED) is 0.457. The molecular weight excluding hydrogens is 412 g/mol. The molecule has 1 saturated heterocycles. The van der Waals surface area contributed by atoms with Gasteiger partial charge >= 0.3 is 0 Å². The maximum atomic E-state index is 13.7. The summed E-state index contributed by atoms with van der Waals surface area (Å²) in [6, 6.07) is 17.4. The maximum Gasteiger partial charge on any atom is 0.261 e. The molecule has 3 aromatic carbocycles. The van der Waals surface area contributed by atoms with Crippen molar-refractivity contribution in [3.63, 3.8) is 0 Å². The lowest BCUT2D eigenvalue weighted by molar-refractivity contribution is 0.331. The Bertz CT molecular complexity index is 1370. The molecule has 0 spiro atoms. The van der Waals surface area contributed by atoms with Crippen LogP contribution >= 0.6 is 0 Å². The van der Waals surface area contributed by atoms with Crippen LogP contribution in [0.1, 0.15) is 12.2 Å². The molecule has 2 N–H and O–H groups in total. The summed E-state index contributed by atoms with van der Waals surface area (Å²) in [5, 5.41) is 16.2. The summed E-state index contributed by atoms with van der Waals surface area (Å²) >= 11 is 0. The van der Waals surface area contributed by atoms with E-state index in [1.807, 2.05) is 61.1 Å². The molecule has 1 aliphatic heterocycles. The van der Waals surface area contributed by atoms with E-state index in [1.54, 1.807) is 12.1 Å². The molecule has 4 aromatic rings. The van der Waals surface area contributed by atoms with E-state index in [0.29, 0.717) is 17.8 Å². The lowest BCUT2D eigenvalue weighted by Crippen LogP contribution is -2.44. The Morgan fingerprint density at radius 3 is 2.67 bits per heavy atom. The Kier molecular flexibility index (Phi) is 5.87. The van der Waals surface area contributed by atoms with Gasteiger partial charge in [-0.1, -0.05) is 30.3 Å².